The van der Waals surface area contributed by atoms with Gasteiger partial charge in [-0.25, -0.2) is 0 Å². The largest absolute Gasteiger partial charge is 0.493 e. The molecule has 13 heavy (non-hydrogen) atoms. The van der Waals surface area contributed by atoms with Crippen LogP contribution >= 0.6 is 0 Å². The summed E-state index contributed by atoms with van der Waals surface area (Å²) in [5, 5.41) is 0. The van der Waals surface area contributed by atoms with Gasteiger partial charge in [0.25, 0.3) is 0 Å². The van der Waals surface area contributed by atoms with E-state index in [1.807, 2.05) is 6.92 Å². The summed E-state index contributed by atoms with van der Waals surface area (Å²) in [5.41, 5.74) is 1.04. The maximum absolute atomic E-state index is 5.55. The zero-order valence-electron chi connectivity index (χ0n) is 8.97. The molecular weight excluding hydrogens is 160 g/mol. The van der Waals surface area contributed by atoms with Crippen molar-refractivity contribution < 1.29 is 4.74 Å². The Morgan fingerprint density at radius 1 is 1.31 bits per heavy atom. The van der Waals surface area contributed by atoms with Gasteiger partial charge in [-0.15, -0.1) is 0 Å². The molecule has 0 N–H and O–H groups in total. The molecule has 0 aliphatic carbocycles. The van der Waals surface area contributed by atoms with E-state index in [1.165, 1.54) is 0 Å². The molecule has 0 aliphatic heterocycles. The Morgan fingerprint density at radius 2 is 1.92 bits per heavy atom. The number of hydrogen-bond donors (Lipinski definition) is 0. The Morgan fingerprint density at radius 3 is 2.31 bits per heavy atom. The van der Waals surface area contributed by atoms with Crippen molar-refractivity contribution in [3.8, 4) is 0 Å². The second-order valence-electron chi connectivity index (χ2n) is 3.49. The minimum absolute atomic E-state index is 0.676. The molecule has 1 heteroatoms. The molecular formula is C12H20O. The van der Waals surface area contributed by atoms with Crippen LogP contribution in [0.4, 0.5) is 0 Å². The van der Waals surface area contributed by atoms with Crippen LogP contribution in [0.3, 0.4) is 0 Å². The SMILES string of the molecule is C=C/C(C)=C(\C=C)OCCC(C)C. The molecule has 0 atom stereocenters. The zero-order chi connectivity index (χ0) is 10.3. The summed E-state index contributed by atoms with van der Waals surface area (Å²) in [6, 6.07) is 0. The molecule has 0 spiro atoms. The van der Waals surface area contributed by atoms with Crippen molar-refractivity contribution in [2.45, 2.75) is 27.2 Å². The molecule has 0 aromatic carbocycles. The number of rotatable bonds is 6. The van der Waals surface area contributed by atoms with Gasteiger partial charge in [0.1, 0.15) is 5.76 Å². The quantitative estimate of drug-likeness (QED) is 0.447. The lowest BCUT2D eigenvalue weighted by atomic mass is 10.1. The Hall–Kier alpha value is -0.980. The summed E-state index contributed by atoms with van der Waals surface area (Å²) >= 11 is 0. The Balaban J connectivity index is 4.00. The first kappa shape index (κ1) is 12.0. The lowest BCUT2D eigenvalue weighted by Crippen LogP contribution is -1.99. The minimum Gasteiger partial charge on any atom is -0.493 e. The van der Waals surface area contributed by atoms with Crippen LogP contribution in [0.15, 0.2) is 36.6 Å². The Bertz CT molecular complexity index is 199. The summed E-state index contributed by atoms with van der Waals surface area (Å²) < 4.78 is 5.55. The van der Waals surface area contributed by atoms with E-state index in [-0.39, 0.29) is 0 Å². The summed E-state index contributed by atoms with van der Waals surface area (Å²) in [5.74, 6) is 1.52. The second kappa shape index (κ2) is 6.53. The highest BCUT2D eigenvalue weighted by Gasteiger charge is 1.98. The standard InChI is InChI=1S/C12H20O/c1-6-11(5)12(7-2)13-9-8-10(3)4/h6-7,10H,1-2,8-9H2,3-5H3/b12-11+. The van der Waals surface area contributed by atoms with Crippen molar-refractivity contribution in [3.05, 3.63) is 36.6 Å². The molecule has 0 bridgehead atoms. The van der Waals surface area contributed by atoms with Crippen LogP contribution in [0.2, 0.25) is 0 Å². The lowest BCUT2D eigenvalue weighted by Gasteiger charge is -2.10. The maximum atomic E-state index is 5.55. The molecule has 0 amide bonds. The molecule has 0 aromatic rings. The molecule has 74 valence electrons. The fourth-order valence-electron chi connectivity index (χ4n) is 0.839. The summed E-state index contributed by atoms with van der Waals surface area (Å²) in [6.07, 6.45) is 4.59. The van der Waals surface area contributed by atoms with E-state index >= 15 is 0 Å². The van der Waals surface area contributed by atoms with Gasteiger partial charge >= 0.3 is 0 Å². The average Bonchev–Trinajstić information content (AvgIpc) is 2.11. The Kier molecular flexibility index (Phi) is 6.03. The second-order valence-corrected chi connectivity index (χ2v) is 3.49. The van der Waals surface area contributed by atoms with Crippen molar-refractivity contribution in [2.24, 2.45) is 5.92 Å². The van der Waals surface area contributed by atoms with E-state index in [2.05, 4.69) is 27.0 Å². The highest BCUT2D eigenvalue weighted by Crippen LogP contribution is 2.09. The fourth-order valence-corrected chi connectivity index (χ4v) is 0.839. The Labute approximate surface area is 81.8 Å². The van der Waals surface area contributed by atoms with E-state index in [0.717, 1.165) is 24.4 Å². The summed E-state index contributed by atoms with van der Waals surface area (Å²) in [6.45, 7) is 14.5. The van der Waals surface area contributed by atoms with Gasteiger partial charge in [-0.2, -0.15) is 0 Å². The topological polar surface area (TPSA) is 9.23 Å². The molecule has 0 saturated carbocycles. The predicted octanol–water partition coefficient (Wildman–Crippen LogP) is 3.70. The van der Waals surface area contributed by atoms with Crippen LogP contribution in [0, 0.1) is 5.92 Å². The lowest BCUT2D eigenvalue weighted by molar-refractivity contribution is 0.205. The minimum atomic E-state index is 0.676. The van der Waals surface area contributed by atoms with Crippen LogP contribution in [-0.2, 0) is 4.74 Å². The van der Waals surface area contributed by atoms with Gasteiger partial charge in [0, 0.05) is 0 Å². The van der Waals surface area contributed by atoms with E-state index in [9.17, 15) is 0 Å². The van der Waals surface area contributed by atoms with Crippen LogP contribution < -0.4 is 0 Å². The van der Waals surface area contributed by atoms with E-state index in [0.29, 0.717) is 5.92 Å². The molecule has 0 unspecified atom stereocenters. The maximum Gasteiger partial charge on any atom is 0.121 e. The number of ether oxygens (including phenoxy) is 1. The monoisotopic (exact) mass is 180 g/mol. The molecule has 0 heterocycles. The van der Waals surface area contributed by atoms with Crippen LogP contribution in [0.5, 0.6) is 0 Å². The third kappa shape index (κ3) is 5.29. The third-order valence-corrected chi connectivity index (χ3v) is 1.83. The van der Waals surface area contributed by atoms with E-state index in [4.69, 9.17) is 4.74 Å². The molecule has 0 aromatic heterocycles. The number of hydrogen-bond acceptors (Lipinski definition) is 1. The first-order valence-corrected chi connectivity index (χ1v) is 4.70. The van der Waals surface area contributed by atoms with Crippen molar-refractivity contribution in [3.63, 3.8) is 0 Å². The van der Waals surface area contributed by atoms with Gasteiger partial charge in [0.2, 0.25) is 0 Å². The number of allylic oxidation sites excluding steroid dienone is 3. The van der Waals surface area contributed by atoms with Crippen molar-refractivity contribution in [2.75, 3.05) is 6.61 Å². The fraction of sp³-hybridized carbons (Fsp3) is 0.500. The van der Waals surface area contributed by atoms with Crippen LogP contribution in [0.25, 0.3) is 0 Å². The summed E-state index contributed by atoms with van der Waals surface area (Å²) in [7, 11) is 0. The average molecular weight is 180 g/mol. The van der Waals surface area contributed by atoms with Crippen molar-refractivity contribution in [1.82, 2.24) is 0 Å². The molecule has 0 aliphatic rings. The third-order valence-electron chi connectivity index (χ3n) is 1.83. The first-order chi connectivity index (χ1) is 6.11. The highest BCUT2D eigenvalue weighted by molar-refractivity contribution is 5.24. The van der Waals surface area contributed by atoms with Gasteiger partial charge in [-0.3, -0.25) is 0 Å². The molecule has 0 saturated heterocycles. The predicted molar refractivity (Wildman–Crippen MR) is 58.5 cm³/mol. The molecule has 0 fully saturated rings. The first-order valence-electron chi connectivity index (χ1n) is 4.70. The normalized spacial score (nSPS) is 12.3. The smallest absolute Gasteiger partial charge is 0.121 e. The van der Waals surface area contributed by atoms with Crippen LogP contribution in [0.1, 0.15) is 27.2 Å². The van der Waals surface area contributed by atoms with Gasteiger partial charge in [0.05, 0.1) is 6.61 Å². The van der Waals surface area contributed by atoms with Gasteiger partial charge in [0.15, 0.2) is 0 Å². The van der Waals surface area contributed by atoms with Crippen molar-refractivity contribution in [1.29, 1.82) is 0 Å². The van der Waals surface area contributed by atoms with Crippen LogP contribution in [-0.4, -0.2) is 6.61 Å². The van der Waals surface area contributed by atoms with E-state index < -0.39 is 0 Å². The highest BCUT2D eigenvalue weighted by atomic mass is 16.5. The van der Waals surface area contributed by atoms with Gasteiger partial charge < -0.3 is 4.74 Å². The molecule has 1 nitrogen and oxygen atoms in total. The molecule has 0 rings (SSSR count). The van der Waals surface area contributed by atoms with E-state index in [1.54, 1.807) is 12.2 Å². The van der Waals surface area contributed by atoms with Crippen molar-refractivity contribution >= 4 is 0 Å². The summed E-state index contributed by atoms with van der Waals surface area (Å²) in [4.78, 5) is 0. The zero-order valence-corrected chi connectivity index (χ0v) is 8.97. The van der Waals surface area contributed by atoms with Gasteiger partial charge in [-0.05, 0) is 30.9 Å². The van der Waals surface area contributed by atoms with Gasteiger partial charge in [-0.1, -0.05) is 33.1 Å². The molecule has 0 radical (unpaired) electrons.